The van der Waals surface area contributed by atoms with E-state index >= 15 is 0 Å². The number of aromatic amines is 1. The number of hydrogen-bond acceptors (Lipinski definition) is 7. The van der Waals surface area contributed by atoms with E-state index in [0.29, 0.717) is 16.9 Å². The number of amides is 1. The minimum absolute atomic E-state index is 0.419. The first-order chi connectivity index (χ1) is 15.1. The fourth-order valence-corrected chi connectivity index (χ4v) is 4.75. The molecule has 0 saturated carbocycles. The SMILES string of the molecule is COc1ccc(OC)c(Sc2nc3c([nH]2)c(N)nc[n+]3CCC2CCN(C=O)CC2)c1. The Hall–Kier alpha value is -3.01. The number of aryl methyl sites for hydroxylation is 1. The van der Waals surface area contributed by atoms with Crippen molar-refractivity contribution in [3.05, 3.63) is 24.5 Å². The van der Waals surface area contributed by atoms with Crippen LogP contribution >= 0.6 is 11.8 Å². The summed E-state index contributed by atoms with van der Waals surface area (Å²) in [5, 5.41) is 0.703. The Kier molecular flexibility index (Phi) is 6.45. The van der Waals surface area contributed by atoms with E-state index in [1.165, 1.54) is 11.8 Å². The van der Waals surface area contributed by atoms with Crippen molar-refractivity contribution in [2.75, 3.05) is 33.0 Å². The average Bonchev–Trinajstić information content (AvgIpc) is 3.23. The zero-order valence-electron chi connectivity index (χ0n) is 17.7. The number of H-pyrrole nitrogens is 1. The lowest BCUT2D eigenvalue weighted by Gasteiger charge is -2.28. The Morgan fingerprint density at radius 3 is 2.84 bits per heavy atom. The van der Waals surface area contributed by atoms with Crippen LogP contribution < -0.4 is 19.8 Å². The number of carbonyl (C=O) groups is 1. The molecule has 164 valence electrons. The standard InChI is InChI=1S/C21H26N6O3S/c1-29-15-3-4-16(30-2)17(11-15)31-21-24-18-19(22)23-12-27(20(18)25-21)10-7-14-5-8-26(13-28)9-6-14/h3-4,11-14H,5-10H2,1-2H3,(H2,22,24,25)/p+1. The quantitative estimate of drug-likeness (QED) is 0.406. The van der Waals surface area contributed by atoms with Crippen LogP contribution in [0.15, 0.2) is 34.6 Å². The smallest absolute Gasteiger partial charge is 0.294 e. The predicted octanol–water partition coefficient (Wildman–Crippen LogP) is 2.25. The van der Waals surface area contributed by atoms with Crippen molar-refractivity contribution in [2.24, 2.45) is 5.92 Å². The molecule has 0 atom stereocenters. The number of aromatic nitrogens is 4. The Labute approximate surface area is 185 Å². The van der Waals surface area contributed by atoms with Gasteiger partial charge in [0.25, 0.3) is 5.65 Å². The van der Waals surface area contributed by atoms with Crippen molar-refractivity contribution in [1.29, 1.82) is 0 Å². The van der Waals surface area contributed by atoms with Gasteiger partial charge in [-0.2, -0.15) is 0 Å². The zero-order valence-corrected chi connectivity index (χ0v) is 18.5. The highest BCUT2D eigenvalue weighted by Crippen LogP contribution is 2.36. The Bertz CT molecular complexity index is 1060. The number of anilines is 1. The minimum Gasteiger partial charge on any atom is -0.497 e. The fourth-order valence-electron chi connectivity index (χ4n) is 3.83. The Morgan fingerprint density at radius 1 is 1.32 bits per heavy atom. The topological polar surface area (TPSA) is 110 Å². The number of imidazole rings is 1. The summed E-state index contributed by atoms with van der Waals surface area (Å²) >= 11 is 1.45. The number of piperidine rings is 1. The highest BCUT2D eigenvalue weighted by atomic mass is 32.2. The van der Waals surface area contributed by atoms with Gasteiger partial charge in [-0.15, -0.1) is 0 Å². The van der Waals surface area contributed by atoms with Crippen LogP contribution in [-0.4, -0.2) is 53.6 Å². The molecule has 3 N–H and O–H groups in total. The van der Waals surface area contributed by atoms with Gasteiger partial charge in [0.1, 0.15) is 11.5 Å². The minimum atomic E-state index is 0.419. The van der Waals surface area contributed by atoms with Gasteiger partial charge >= 0.3 is 0 Å². The Morgan fingerprint density at radius 2 is 2.13 bits per heavy atom. The summed E-state index contributed by atoms with van der Waals surface area (Å²) < 4.78 is 12.9. The summed E-state index contributed by atoms with van der Waals surface area (Å²) in [7, 11) is 3.27. The molecule has 1 aliphatic rings. The lowest BCUT2D eigenvalue weighted by atomic mass is 9.94. The molecule has 3 aromatic rings. The van der Waals surface area contributed by atoms with E-state index < -0.39 is 0 Å². The van der Waals surface area contributed by atoms with E-state index in [2.05, 4.69) is 9.97 Å². The molecule has 3 heterocycles. The predicted molar refractivity (Wildman–Crippen MR) is 117 cm³/mol. The number of likely N-dealkylation sites (tertiary alicyclic amines) is 1. The number of nitrogens with two attached hydrogens (primary N) is 1. The number of ether oxygens (including phenoxy) is 2. The van der Waals surface area contributed by atoms with Gasteiger partial charge in [0.05, 0.1) is 25.7 Å². The maximum absolute atomic E-state index is 10.9. The van der Waals surface area contributed by atoms with Gasteiger partial charge in [-0.1, -0.05) is 9.97 Å². The van der Waals surface area contributed by atoms with Crippen LogP contribution in [0, 0.1) is 5.92 Å². The second-order valence-corrected chi connectivity index (χ2v) is 8.59. The highest BCUT2D eigenvalue weighted by molar-refractivity contribution is 7.99. The highest BCUT2D eigenvalue weighted by Gasteiger charge is 2.22. The largest absolute Gasteiger partial charge is 0.497 e. The summed E-state index contributed by atoms with van der Waals surface area (Å²) in [5.41, 5.74) is 7.62. The van der Waals surface area contributed by atoms with Crippen molar-refractivity contribution in [2.45, 2.75) is 35.9 Å². The third-order valence-electron chi connectivity index (χ3n) is 5.68. The Balaban J connectivity index is 1.54. The summed E-state index contributed by atoms with van der Waals surface area (Å²) in [6.07, 6.45) is 5.76. The first kappa shape index (κ1) is 21.2. The van der Waals surface area contributed by atoms with Crippen molar-refractivity contribution in [3.63, 3.8) is 0 Å². The molecule has 0 spiro atoms. The molecule has 10 heteroatoms. The molecule has 0 unspecified atom stereocenters. The normalized spacial score (nSPS) is 14.7. The van der Waals surface area contributed by atoms with Crippen LogP contribution in [0.1, 0.15) is 19.3 Å². The second kappa shape index (κ2) is 9.42. The molecule has 0 radical (unpaired) electrons. The molecule has 4 rings (SSSR count). The molecule has 1 fully saturated rings. The molecule has 0 bridgehead atoms. The van der Waals surface area contributed by atoms with E-state index in [9.17, 15) is 4.79 Å². The lowest BCUT2D eigenvalue weighted by molar-refractivity contribution is -0.677. The van der Waals surface area contributed by atoms with Gasteiger partial charge in [-0.25, -0.2) is 4.57 Å². The number of rotatable bonds is 8. The van der Waals surface area contributed by atoms with Gasteiger partial charge < -0.3 is 25.1 Å². The van der Waals surface area contributed by atoms with Crippen LogP contribution in [0.3, 0.4) is 0 Å². The van der Waals surface area contributed by atoms with Gasteiger partial charge in [-0.05, 0) is 55.1 Å². The number of hydrogen-bond donors (Lipinski definition) is 2. The first-order valence-electron chi connectivity index (χ1n) is 10.2. The first-order valence-corrected chi connectivity index (χ1v) is 11.1. The van der Waals surface area contributed by atoms with Crippen LogP contribution in [0.2, 0.25) is 0 Å². The summed E-state index contributed by atoms with van der Waals surface area (Å²) in [6.45, 7) is 2.46. The molecule has 1 amide bonds. The van der Waals surface area contributed by atoms with Gasteiger partial charge in [0, 0.05) is 13.1 Å². The van der Waals surface area contributed by atoms with Crippen molar-refractivity contribution in [3.8, 4) is 11.5 Å². The molecule has 1 aliphatic heterocycles. The van der Waals surface area contributed by atoms with Crippen molar-refractivity contribution < 1.29 is 18.8 Å². The molecular weight excluding hydrogens is 416 g/mol. The maximum atomic E-state index is 10.9. The summed E-state index contributed by atoms with van der Waals surface area (Å²) in [5.74, 6) is 2.50. The molecule has 2 aromatic heterocycles. The number of nitrogen functional groups attached to an aromatic ring is 1. The molecule has 31 heavy (non-hydrogen) atoms. The van der Waals surface area contributed by atoms with Crippen molar-refractivity contribution in [1.82, 2.24) is 19.9 Å². The third-order valence-corrected chi connectivity index (χ3v) is 6.61. The van der Waals surface area contributed by atoms with E-state index in [4.69, 9.17) is 20.2 Å². The fraction of sp³-hybridized carbons (Fsp3) is 0.429. The van der Waals surface area contributed by atoms with E-state index in [1.807, 2.05) is 27.7 Å². The van der Waals surface area contributed by atoms with Crippen LogP contribution in [-0.2, 0) is 11.3 Å². The number of fused-ring (bicyclic) bond motifs is 1. The number of carbonyl (C=O) groups excluding carboxylic acids is 1. The zero-order chi connectivity index (χ0) is 21.8. The van der Waals surface area contributed by atoms with Gasteiger partial charge in [-0.3, -0.25) is 4.79 Å². The molecular formula is C21H27N6O3S+. The van der Waals surface area contributed by atoms with Crippen LogP contribution in [0.5, 0.6) is 11.5 Å². The number of nitrogens with zero attached hydrogens (tertiary/aromatic N) is 4. The monoisotopic (exact) mass is 443 g/mol. The van der Waals surface area contributed by atoms with E-state index in [-0.39, 0.29) is 0 Å². The van der Waals surface area contributed by atoms with E-state index in [0.717, 1.165) is 72.9 Å². The number of methoxy groups -OCH3 is 2. The average molecular weight is 444 g/mol. The molecule has 1 aromatic carbocycles. The van der Waals surface area contributed by atoms with Crippen LogP contribution in [0.4, 0.5) is 5.82 Å². The molecule has 1 saturated heterocycles. The van der Waals surface area contributed by atoms with Crippen molar-refractivity contribution >= 4 is 35.2 Å². The van der Waals surface area contributed by atoms with E-state index in [1.54, 1.807) is 20.5 Å². The lowest BCUT2D eigenvalue weighted by Crippen LogP contribution is -2.38. The summed E-state index contributed by atoms with van der Waals surface area (Å²) in [6, 6.07) is 5.64. The number of benzene rings is 1. The summed E-state index contributed by atoms with van der Waals surface area (Å²) in [4.78, 5) is 26.1. The maximum Gasteiger partial charge on any atom is 0.294 e. The molecule has 0 aliphatic carbocycles. The van der Waals surface area contributed by atoms with Gasteiger partial charge in [0.15, 0.2) is 5.52 Å². The second-order valence-electron chi connectivity index (χ2n) is 7.56. The van der Waals surface area contributed by atoms with Crippen LogP contribution in [0.25, 0.3) is 11.2 Å². The number of nitrogens with one attached hydrogen (secondary N) is 1. The third kappa shape index (κ3) is 4.68. The van der Waals surface area contributed by atoms with Gasteiger partial charge in [0.2, 0.25) is 23.7 Å². The molecule has 9 nitrogen and oxygen atoms in total.